The number of nitrogens with zero attached hydrogens (tertiary/aromatic N) is 4. The maximum Gasteiger partial charge on any atom is 0.276 e. The average molecular weight is 476 g/mol. The second kappa shape index (κ2) is 10.5. The Morgan fingerprint density at radius 2 is 1.85 bits per heavy atom. The first-order valence-electron chi connectivity index (χ1n) is 11.3. The molecular weight excluding hydrogens is 450 g/mol. The molecule has 4 rings (SSSR count). The average Bonchev–Trinajstić information content (AvgIpc) is 3.04. The Morgan fingerprint density at radius 3 is 2.59 bits per heavy atom. The van der Waals surface area contributed by atoms with Gasteiger partial charge in [-0.2, -0.15) is 5.10 Å². The number of pyridine rings is 1. The Morgan fingerprint density at radius 1 is 1.09 bits per heavy atom. The molecule has 0 spiro atoms. The summed E-state index contributed by atoms with van der Waals surface area (Å²) in [5, 5.41) is 7.54. The SMILES string of the molecule is CC(=O)N1CCCC(n2ncc(Cl)c2C(=O)Nc2ncc(C#Cc3ccccc3)cc2C)CC1. The minimum atomic E-state index is -0.367. The maximum absolute atomic E-state index is 13.2. The van der Waals surface area contributed by atoms with E-state index < -0.39 is 0 Å². The highest BCUT2D eigenvalue weighted by molar-refractivity contribution is 6.34. The molecule has 1 aliphatic rings. The minimum absolute atomic E-state index is 0.0118. The highest BCUT2D eigenvalue weighted by atomic mass is 35.5. The van der Waals surface area contributed by atoms with Gasteiger partial charge in [0.05, 0.1) is 17.3 Å². The molecule has 1 unspecified atom stereocenters. The zero-order chi connectivity index (χ0) is 24.1. The maximum atomic E-state index is 13.2. The van der Waals surface area contributed by atoms with Crippen LogP contribution in [0.2, 0.25) is 5.02 Å². The largest absolute Gasteiger partial charge is 0.343 e. The van der Waals surface area contributed by atoms with Gasteiger partial charge in [-0.3, -0.25) is 14.3 Å². The molecule has 2 amide bonds. The summed E-state index contributed by atoms with van der Waals surface area (Å²) in [7, 11) is 0. The van der Waals surface area contributed by atoms with E-state index in [0.717, 1.165) is 29.5 Å². The molecule has 2 aromatic heterocycles. The quantitative estimate of drug-likeness (QED) is 0.567. The predicted octanol–water partition coefficient (Wildman–Crippen LogP) is 4.47. The van der Waals surface area contributed by atoms with Crippen LogP contribution in [0.4, 0.5) is 5.82 Å². The number of anilines is 1. The number of aryl methyl sites for hydroxylation is 1. The van der Waals surface area contributed by atoms with Crippen LogP contribution in [0, 0.1) is 18.8 Å². The molecule has 1 aliphatic heterocycles. The molecular formula is C26H26ClN5O2. The third-order valence-electron chi connectivity index (χ3n) is 5.89. The molecule has 1 fully saturated rings. The summed E-state index contributed by atoms with van der Waals surface area (Å²) in [5.41, 5.74) is 2.78. The van der Waals surface area contributed by atoms with Crippen molar-refractivity contribution in [1.82, 2.24) is 19.7 Å². The van der Waals surface area contributed by atoms with Gasteiger partial charge in [0, 0.05) is 37.3 Å². The number of benzene rings is 1. The zero-order valence-corrected chi connectivity index (χ0v) is 20.0. The Hall–Kier alpha value is -3.63. The predicted molar refractivity (Wildman–Crippen MR) is 132 cm³/mol. The van der Waals surface area contributed by atoms with Crippen molar-refractivity contribution in [2.45, 2.75) is 39.2 Å². The molecule has 1 saturated heterocycles. The molecule has 0 saturated carbocycles. The van der Waals surface area contributed by atoms with Crippen molar-refractivity contribution in [2.75, 3.05) is 18.4 Å². The van der Waals surface area contributed by atoms with Gasteiger partial charge in [0.2, 0.25) is 5.91 Å². The van der Waals surface area contributed by atoms with Gasteiger partial charge in [-0.15, -0.1) is 0 Å². The molecule has 34 heavy (non-hydrogen) atoms. The Labute approximate surface area is 204 Å². The van der Waals surface area contributed by atoms with Crippen molar-refractivity contribution in [3.63, 3.8) is 0 Å². The van der Waals surface area contributed by atoms with Gasteiger partial charge in [-0.1, -0.05) is 41.6 Å². The molecule has 7 nitrogen and oxygen atoms in total. The summed E-state index contributed by atoms with van der Waals surface area (Å²) in [6.45, 7) is 4.80. The van der Waals surface area contributed by atoms with E-state index in [1.165, 1.54) is 6.20 Å². The van der Waals surface area contributed by atoms with Crippen molar-refractivity contribution < 1.29 is 9.59 Å². The van der Waals surface area contributed by atoms with E-state index in [9.17, 15) is 9.59 Å². The monoisotopic (exact) mass is 475 g/mol. The molecule has 1 atom stereocenters. The van der Waals surface area contributed by atoms with Crippen LogP contribution in [0.1, 0.15) is 59.4 Å². The fraction of sp³-hybridized carbons (Fsp3) is 0.308. The van der Waals surface area contributed by atoms with Gasteiger partial charge in [0.1, 0.15) is 11.5 Å². The lowest BCUT2D eigenvalue weighted by Gasteiger charge is -2.20. The fourth-order valence-corrected chi connectivity index (χ4v) is 4.29. The number of aromatic nitrogens is 3. The highest BCUT2D eigenvalue weighted by Gasteiger charge is 2.26. The van der Waals surface area contributed by atoms with Crippen LogP contribution in [0.3, 0.4) is 0 Å². The van der Waals surface area contributed by atoms with Crippen LogP contribution in [-0.4, -0.2) is 44.6 Å². The van der Waals surface area contributed by atoms with Crippen molar-refractivity contribution in [3.8, 4) is 11.8 Å². The number of halogens is 1. The van der Waals surface area contributed by atoms with Gasteiger partial charge in [0.15, 0.2) is 0 Å². The normalized spacial score (nSPS) is 15.7. The summed E-state index contributed by atoms with van der Waals surface area (Å²) in [5.74, 6) is 6.35. The number of amides is 2. The lowest BCUT2D eigenvalue weighted by molar-refractivity contribution is -0.128. The fourth-order valence-electron chi connectivity index (χ4n) is 4.08. The number of hydrogen-bond donors (Lipinski definition) is 1. The van der Waals surface area contributed by atoms with E-state index in [1.54, 1.807) is 17.8 Å². The Bertz CT molecular complexity index is 1260. The second-order valence-corrected chi connectivity index (χ2v) is 8.74. The Balaban J connectivity index is 1.50. The molecule has 8 heteroatoms. The molecule has 174 valence electrons. The van der Waals surface area contributed by atoms with Crippen molar-refractivity contribution in [2.24, 2.45) is 0 Å². The molecule has 1 aromatic carbocycles. The van der Waals surface area contributed by atoms with E-state index in [2.05, 4.69) is 27.2 Å². The zero-order valence-electron chi connectivity index (χ0n) is 19.2. The van der Waals surface area contributed by atoms with Crippen LogP contribution in [0.15, 0.2) is 48.8 Å². The standard InChI is InChI=1S/C26H26ClN5O2/c1-18-15-21(11-10-20-7-4-3-5-8-20)16-28-25(18)30-26(34)24-23(27)17-29-32(24)22-9-6-13-31(14-12-22)19(2)33/h3-5,7-8,15-17,22H,6,9,12-14H2,1-2H3,(H,28,30,34). The number of carbonyl (C=O) groups excluding carboxylic acids is 2. The number of nitrogens with one attached hydrogen (secondary N) is 1. The summed E-state index contributed by atoms with van der Waals surface area (Å²) >= 11 is 6.36. The van der Waals surface area contributed by atoms with Gasteiger partial charge in [0.25, 0.3) is 5.91 Å². The van der Waals surface area contributed by atoms with E-state index in [0.29, 0.717) is 31.0 Å². The summed E-state index contributed by atoms with van der Waals surface area (Å²) < 4.78 is 1.69. The lowest BCUT2D eigenvalue weighted by Crippen LogP contribution is -2.30. The minimum Gasteiger partial charge on any atom is -0.343 e. The van der Waals surface area contributed by atoms with Gasteiger partial charge in [-0.05, 0) is 49.9 Å². The molecule has 3 aromatic rings. The van der Waals surface area contributed by atoms with E-state index >= 15 is 0 Å². The Kier molecular flexibility index (Phi) is 7.29. The van der Waals surface area contributed by atoms with Crippen LogP contribution in [0.25, 0.3) is 0 Å². The van der Waals surface area contributed by atoms with Crippen molar-refractivity contribution >= 4 is 29.2 Å². The summed E-state index contributed by atoms with van der Waals surface area (Å²) in [6.07, 6.45) is 5.50. The van der Waals surface area contributed by atoms with Crippen LogP contribution >= 0.6 is 11.6 Å². The molecule has 0 aliphatic carbocycles. The number of rotatable bonds is 3. The van der Waals surface area contributed by atoms with Gasteiger partial charge in [-0.25, -0.2) is 4.98 Å². The lowest BCUT2D eigenvalue weighted by atomic mass is 10.1. The first kappa shape index (κ1) is 23.5. The second-order valence-electron chi connectivity index (χ2n) is 8.34. The first-order chi connectivity index (χ1) is 16.4. The third-order valence-corrected chi connectivity index (χ3v) is 6.17. The van der Waals surface area contributed by atoms with Gasteiger partial charge >= 0.3 is 0 Å². The first-order valence-corrected chi connectivity index (χ1v) is 11.6. The summed E-state index contributed by atoms with van der Waals surface area (Å²) in [4.78, 5) is 31.2. The smallest absolute Gasteiger partial charge is 0.276 e. The third kappa shape index (κ3) is 5.46. The van der Waals surface area contributed by atoms with Crippen LogP contribution in [0.5, 0.6) is 0 Å². The topological polar surface area (TPSA) is 80.1 Å². The van der Waals surface area contributed by atoms with Crippen molar-refractivity contribution in [1.29, 1.82) is 0 Å². The van der Waals surface area contributed by atoms with Crippen molar-refractivity contribution in [3.05, 3.63) is 76.2 Å². The summed E-state index contributed by atoms with van der Waals surface area (Å²) in [6, 6.07) is 11.6. The highest BCUT2D eigenvalue weighted by Crippen LogP contribution is 2.28. The van der Waals surface area contributed by atoms with Crippen LogP contribution < -0.4 is 5.32 Å². The number of carbonyl (C=O) groups is 2. The number of likely N-dealkylation sites (tertiary alicyclic amines) is 1. The molecule has 0 bridgehead atoms. The van der Waals surface area contributed by atoms with Gasteiger partial charge < -0.3 is 10.2 Å². The number of hydrogen-bond acceptors (Lipinski definition) is 4. The molecule has 3 heterocycles. The van der Waals surface area contributed by atoms with E-state index in [-0.39, 0.29) is 22.9 Å². The van der Waals surface area contributed by atoms with E-state index in [1.807, 2.05) is 48.2 Å². The van der Waals surface area contributed by atoms with E-state index in [4.69, 9.17) is 11.6 Å². The molecule has 0 radical (unpaired) electrons. The molecule has 1 N–H and O–H groups in total. The van der Waals surface area contributed by atoms with Crippen LogP contribution in [-0.2, 0) is 4.79 Å².